The van der Waals surface area contributed by atoms with Crippen molar-refractivity contribution in [1.82, 2.24) is 0 Å². The minimum absolute atomic E-state index is 0.176. The Bertz CT molecular complexity index is 737. The van der Waals surface area contributed by atoms with Gasteiger partial charge in [-0.25, -0.2) is 13.2 Å². The number of rotatable bonds is 6. The van der Waals surface area contributed by atoms with Gasteiger partial charge in [0.05, 0.1) is 10.6 Å². The average Bonchev–Trinajstić information content (AvgIpc) is 2.46. The highest BCUT2D eigenvalue weighted by Gasteiger charge is 2.36. The Morgan fingerprint density at radius 2 is 1.88 bits per heavy atom. The number of hydrogen-bond acceptors (Lipinski definition) is 5. The van der Waals surface area contributed by atoms with Crippen LogP contribution < -0.4 is 0 Å². The molecule has 1 aromatic rings. The third-order valence-corrected chi connectivity index (χ3v) is 4.82. The molecule has 1 aromatic carbocycles. The molecule has 0 aromatic heterocycles. The second-order valence-corrected chi connectivity index (χ2v) is 6.86. The molecule has 0 spiro atoms. The lowest BCUT2D eigenvalue weighted by molar-refractivity contribution is -0.141. The maximum absolute atomic E-state index is 12.8. The lowest BCUT2D eigenvalue weighted by atomic mass is 10.1. The van der Waals surface area contributed by atoms with Gasteiger partial charge in [0.2, 0.25) is 0 Å². The molecule has 132 valence electrons. The third-order valence-electron chi connectivity index (χ3n) is 2.92. The highest BCUT2D eigenvalue weighted by Crippen LogP contribution is 2.24. The van der Waals surface area contributed by atoms with Crippen molar-refractivity contribution >= 4 is 21.5 Å². The maximum Gasteiger partial charge on any atom is 0.433 e. The number of esters is 1. The van der Waals surface area contributed by atoms with E-state index in [1.165, 1.54) is 6.92 Å². The van der Waals surface area contributed by atoms with Gasteiger partial charge in [0.25, 0.3) is 0 Å². The molecule has 0 amide bonds. The van der Waals surface area contributed by atoms with Crippen LogP contribution in [0.25, 0.3) is 0 Å². The number of carbonyl (C=O) groups excluding carboxylic acids is 1. The zero-order chi connectivity index (χ0) is 18.5. The standard InChI is InChI=1S/C15H16F3NO4S/c1-4-13(20)23-10(2)9-24(21,22)12-7-5-11(6-8-12)14(19-3)15(16,17)18/h4-8,10H,1,9H2,2-3H3/b19-14-. The van der Waals surface area contributed by atoms with Crippen LogP contribution in [-0.4, -0.2) is 45.2 Å². The summed E-state index contributed by atoms with van der Waals surface area (Å²) in [5.41, 5.74) is -1.34. The normalized spacial score (nSPS) is 14.1. The summed E-state index contributed by atoms with van der Waals surface area (Å²) < 4.78 is 67.4. The Kier molecular flexibility index (Phi) is 6.30. The molecule has 0 N–H and O–H groups in total. The van der Waals surface area contributed by atoms with Gasteiger partial charge in [0.15, 0.2) is 9.84 Å². The number of alkyl halides is 3. The highest BCUT2D eigenvalue weighted by molar-refractivity contribution is 7.91. The van der Waals surface area contributed by atoms with Gasteiger partial charge < -0.3 is 4.74 Å². The van der Waals surface area contributed by atoms with Crippen molar-refractivity contribution in [2.24, 2.45) is 4.99 Å². The molecule has 9 heteroatoms. The zero-order valence-corrected chi connectivity index (χ0v) is 13.8. The molecule has 0 heterocycles. The van der Waals surface area contributed by atoms with Gasteiger partial charge >= 0.3 is 12.1 Å². The molecule has 0 saturated heterocycles. The molecule has 0 saturated carbocycles. The smallest absolute Gasteiger partial charge is 0.433 e. The van der Waals surface area contributed by atoms with Gasteiger partial charge in [-0.15, -0.1) is 0 Å². The Morgan fingerprint density at radius 1 is 1.33 bits per heavy atom. The predicted octanol–water partition coefficient (Wildman–Crippen LogP) is 2.56. The van der Waals surface area contributed by atoms with Gasteiger partial charge in [0.1, 0.15) is 11.8 Å². The number of hydrogen-bond donors (Lipinski definition) is 0. The van der Waals surface area contributed by atoms with Crippen molar-refractivity contribution in [3.05, 3.63) is 42.5 Å². The number of ether oxygens (including phenoxy) is 1. The fourth-order valence-corrected chi connectivity index (χ4v) is 3.35. The van der Waals surface area contributed by atoms with Crippen LogP contribution in [0.4, 0.5) is 13.2 Å². The first kappa shape index (κ1) is 19.9. The Labute approximate surface area is 137 Å². The summed E-state index contributed by atoms with van der Waals surface area (Å²) in [7, 11) is -2.83. The molecular formula is C15H16F3NO4S. The van der Waals surface area contributed by atoms with Crippen LogP contribution in [-0.2, 0) is 19.4 Å². The van der Waals surface area contributed by atoms with E-state index in [-0.39, 0.29) is 10.5 Å². The molecule has 0 aliphatic rings. The molecular weight excluding hydrogens is 347 g/mol. The number of halogens is 3. The van der Waals surface area contributed by atoms with Crippen molar-refractivity contribution in [3.8, 4) is 0 Å². The SMILES string of the molecule is C=CC(=O)OC(C)CS(=O)(=O)c1ccc(/C(=N/C)C(F)(F)F)cc1. The van der Waals surface area contributed by atoms with Crippen molar-refractivity contribution in [2.45, 2.75) is 24.1 Å². The summed E-state index contributed by atoms with van der Waals surface area (Å²) in [6.07, 6.45) is -4.66. The molecule has 24 heavy (non-hydrogen) atoms. The molecule has 0 bridgehead atoms. The van der Waals surface area contributed by atoms with E-state index in [9.17, 15) is 26.4 Å². The molecule has 5 nitrogen and oxygen atoms in total. The third kappa shape index (κ3) is 5.19. The van der Waals surface area contributed by atoms with Crippen LogP contribution in [0.15, 0.2) is 46.8 Å². The fraction of sp³-hybridized carbons (Fsp3) is 0.333. The summed E-state index contributed by atoms with van der Waals surface area (Å²) in [5.74, 6) is -1.26. The quantitative estimate of drug-likeness (QED) is 0.442. The minimum atomic E-state index is -4.64. The number of aliphatic imine (C=N–C) groups is 1. The average molecular weight is 363 g/mol. The van der Waals surface area contributed by atoms with E-state index in [2.05, 4.69) is 11.6 Å². The van der Waals surface area contributed by atoms with E-state index >= 15 is 0 Å². The first-order valence-electron chi connectivity index (χ1n) is 6.71. The molecule has 0 aliphatic carbocycles. The van der Waals surface area contributed by atoms with Gasteiger partial charge in [-0.1, -0.05) is 18.7 Å². The van der Waals surface area contributed by atoms with Crippen LogP contribution in [0.2, 0.25) is 0 Å². The van der Waals surface area contributed by atoms with Gasteiger partial charge in [-0.3, -0.25) is 4.99 Å². The Hall–Kier alpha value is -2.16. The van der Waals surface area contributed by atoms with E-state index in [0.717, 1.165) is 37.4 Å². The number of nitrogens with zero attached hydrogens (tertiary/aromatic N) is 1. The number of carbonyl (C=O) groups is 1. The first-order chi connectivity index (χ1) is 11.0. The second-order valence-electron chi connectivity index (χ2n) is 4.83. The monoisotopic (exact) mass is 363 g/mol. The molecule has 0 aliphatic heterocycles. The van der Waals surface area contributed by atoms with Crippen LogP contribution in [0, 0.1) is 0 Å². The van der Waals surface area contributed by atoms with E-state index in [4.69, 9.17) is 4.74 Å². The maximum atomic E-state index is 12.8. The lowest BCUT2D eigenvalue weighted by Gasteiger charge is -2.13. The van der Waals surface area contributed by atoms with Gasteiger partial charge in [-0.05, 0) is 19.1 Å². The highest BCUT2D eigenvalue weighted by atomic mass is 32.2. The summed E-state index contributed by atoms with van der Waals surface area (Å²) in [6, 6.07) is 4.18. The van der Waals surface area contributed by atoms with E-state index in [1.807, 2.05) is 0 Å². The Morgan fingerprint density at radius 3 is 2.29 bits per heavy atom. The van der Waals surface area contributed by atoms with E-state index in [0.29, 0.717) is 0 Å². The largest absolute Gasteiger partial charge is 0.458 e. The summed E-state index contributed by atoms with van der Waals surface area (Å²) in [6.45, 7) is 4.58. The van der Waals surface area contributed by atoms with Crippen LogP contribution in [0.5, 0.6) is 0 Å². The van der Waals surface area contributed by atoms with Crippen molar-refractivity contribution in [1.29, 1.82) is 0 Å². The predicted molar refractivity (Wildman–Crippen MR) is 82.8 cm³/mol. The minimum Gasteiger partial charge on any atom is -0.458 e. The molecule has 1 atom stereocenters. The summed E-state index contributed by atoms with van der Waals surface area (Å²) in [5, 5.41) is 0. The molecule has 0 radical (unpaired) electrons. The lowest BCUT2D eigenvalue weighted by Crippen LogP contribution is -2.25. The first-order valence-corrected chi connectivity index (χ1v) is 8.36. The Balaban J connectivity index is 2.99. The summed E-state index contributed by atoms with van der Waals surface area (Å²) in [4.78, 5) is 14.0. The second kappa shape index (κ2) is 7.61. The van der Waals surface area contributed by atoms with Gasteiger partial charge in [-0.2, -0.15) is 13.2 Å². The van der Waals surface area contributed by atoms with Crippen LogP contribution in [0.3, 0.4) is 0 Å². The zero-order valence-electron chi connectivity index (χ0n) is 13.0. The van der Waals surface area contributed by atoms with Crippen molar-refractivity contribution < 1.29 is 31.1 Å². The number of benzene rings is 1. The number of sulfone groups is 1. The molecule has 1 rings (SSSR count). The van der Waals surface area contributed by atoms with E-state index in [1.54, 1.807) is 0 Å². The summed E-state index contributed by atoms with van der Waals surface area (Å²) >= 11 is 0. The molecule has 0 fully saturated rings. The van der Waals surface area contributed by atoms with Crippen molar-refractivity contribution in [2.75, 3.05) is 12.8 Å². The fourth-order valence-electron chi connectivity index (χ4n) is 1.93. The van der Waals surface area contributed by atoms with Crippen molar-refractivity contribution in [3.63, 3.8) is 0 Å². The van der Waals surface area contributed by atoms with Crippen LogP contribution in [0.1, 0.15) is 12.5 Å². The van der Waals surface area contributed by atoms with Gasteiger partial charge in [0, 0.05) is 18.7 Å². The topological polar surface area (TPSA) is 72.8 Å². The van der Waals surface area contributed by atoms with Crippen LogP contribution >= 0.6 is 0 Å². The van der Waals surface area contributed by atoms with E-state index < -0.39 is 39.6 Å². The molecule has 1 unspecified atom stereocenters.